The van der Waals surface area contributed by atoms with Crippen LogP contribution in [0.25, 0.3) is 0 Å². The molecule has 0 aliphatic carbocycles. The van der Waals surface area contributed by atoms with E-state index in [0.717, 1.165) is 32.4 Å². The van der Waals surface area contributed by atoms with Gasteiger partial charge in [0.15, 0.2) is 0 Å². The van der Waals surface area contributed by atoms with Crippen LogP contribution in [0.15, 0.2) is 0 Å². The smallest absolute Gasteiger partial charge is 0.230 e. The van der Waals surface area contributed by atoms with E-state index >= 15 is 0 Å². The van der Waals surface area contributed by atoms with Gasteiger partial charge < -0.3 is 16.0 Å². The number of terminal acetylenes is 1. The standard InChI is InChI=1S/C13H22N6/c1-4-7-10-16-13-18-11(14-8-5-2)17-12(19-13)15-9-6-3/h2H,4,6-10H2,1,3H3,(H3,14,15,16,17,18,19). The third-order valence-corrected chi connectivity index (χ3v) is 2.33. The number of nitrogens with one attached hydrogen (secondary N) is 3. The van der Waals surface area contributed by atoms with E-state index in [2.05, 4.69) is 50.7 Å². The maximum atomic E-state index is 5.22. The monoisotopic (exact) mass is 262 g/mol. The molecule has 0 spiro atoms. The first kappa shape index (κ1) is 15.0. The molecule has 1 aromatic heterocycles. The lowest BCUT2D eigenvalue weighted by Crippen LogP contribution is -2.13. The number of unbranched alkanes of at least 4 members (excludes halogenated alkanes) is 1. The van der Waals surface area contributed by atoms with Crippen LogP contribution < -0.4 is 16.0 Å². The normalized spacial score (nSPS) is 9.74. The Morgan fingerprint density at radius 1 is 0.895 bits per heavy atom. The van der Waals surface area contributed by atoms with Crippen molar-refractivity contribution in [2.45, 2.75) is 33.1 Å². The highest BCUT2D eigenvalue weighted by Gasteiger charge is 2.05. The largest absolute Gasteiger partial charge is 0.354 e. The average molecular weight is 262 g/mol. The summed E-state index contributed by atoms with van der Waals surface area (Å²) in [5.74, 6) is 4.13. The van der Waals surface area contributed by atoms with Gasteiger partial charge in [-0.25, -0.2) is 0 Å². The van der Waals surface area contributed by atoms with E-state index in [4.69, 9.17) is 6.42 Å². The van der Waals surface area contributed by atoms with Crippen LogP contribution in [0.3, 0.4) is 0 Å². The van der Waals surface area contributed by atoms with E-state index in [-0.39, 0.29) is 0 Å². The van der Waals surface area contributed by atoms with Crippen molar-refractivity contribution in [3.8, 4) is 12.3 Å². The zero-order valence-electron chi connectivity index (χ0n) is 11.7. The maximum absolute atomic E-state index is 5.22. The van der Waals surface area contributed by atoms with E-state index in [1.165, 1.54) is 0 Å². The fourth-order valence-corrected chi connectivity index (χ4v) is 1.36. The van der Waals surface area contributed by atoms with Gasteiger partial charge in [-0.1, -0.05) is 26.2 Å². The van der Waals surface area contributed by atoms with Crippen molar-refractivity contribution in [2.24, 2.45) is 0 Å². The van der Waals surface area contributed by atoms with Gasteiger partial charge in [-0.15, -0.1) is 6.42 Å². The van der Waals surface area contributed by atoms with E-state index < -0.39 is 0 Å². The fourth-order valence-electron chi connectivity index (χ4n) is 1.36. The van der Waals surface area contributed by atoms with Crippen molar-refractivity contribution in [1.82, 2.24) is 15.0 Å². The average Bonchev–Trinajstić information content (AvgIpc) is 2.43. The quantitative estimate of drug-likeness (QED) is 0.466. The van der Waals surface area contributed by atoms with Crippen LogP contribution >= 0.6 is 0 Å². The molecule has 0 saturated carbocycles. The Balaban J connectivity index is 2.73. The SMILES string of the molecule is C#CCNc1nc(NCCC)nc(NCCCC)n1. The first-order valence-electron chi connectivity index (χ1n) is 6.71. The van der Waals surface area contributed by atoms with Gasteiger partial charge in [-0.05, 0) is 12.8 Å². The van der Waals surface area contributed by atoms with E-state index in [0.29, 0.717) is 24.4 Å². The molecule has 19 heavy (non-hydrogen) atoms. The van der Waals surface area contributed by atoms with Crippen molar-refractivity contribution in [3.63, 3.8) is 0 Å². The van der Waals surface area contributed by atoms with Gasteiger partial charge in [0.2, 0.25) is 17.8 Å². The summed E-state index contributed by atoms with van der Waals surface area (Å²) in [6.45, 7) is 6.30. The fraction of sp³-hybridized carbons (Fsp3) is 0.615. The Hall–Kier alpha value is -2.03. The zero-order chi connectivity index (χ0) is 13.9. The molecule has 0 aromatic carbocycles. The molecule has 104 valence electrons. The summed E-state index contributed by atoms with van der Waals surface area (Å²) in [7, 11) is 0. The molecular formula is C13H22N6. The summed E-state index contributed by atoms with van der Waals surface area (Å²) >= 11 is 0. The Morgan fingerprint density at radius 3 is 2.00 bits per heavy atom. The van der Waals surface area contributed by atoms with E-state index in [1.54, 1.807) is 0 Å². The second kappa shape index (κ2) is 8.97. The lowest BCUT2D eigenvalue weighted by molar-refractivity contribution is 0.823. The molecule has 3 N–H and O–H groups in total. The van der Waals surface area contributed by atoms with Crippen LogP contribution in [0, 0.1) is 12.3 Å². The van der Waals surface area contributed by atoms with Gasteiger partial charge in [-0.3, -0.25) is 0 Å². The Kier molecular flexibility index (Phi) is 7.10. The molecule has 6 heteroatoms. The molecule has 0 amide bonds. The molecule has 0 aliphatic rings. The van der Waals surface area contributed by atoms with Crippen molar-refractivity contribution in [1.29, 1.82) is 0 Å². The molecule has 1 rings (SSSR count). The van der Waals surface area contributed by atoms with Crippen LogP contribution in [-0.2, 0) is 0 Å². The van der Waals surface area contributed by atoms with Crippen LogP contribution in [0.2, 0.25) is 0 Å². The van der Waals surface area contributed by atoms with Crippen molar-refractivity contribution >= 4 is 17.8 Å². The van der Waals surface area contributed by atoms with Gasteiger partial charge in [0.05, 0.1) is 6.54 Å². The minimum absolute atomic E-state index is 0.394. The first-order chi connectivity index (χ1) is 9.30. The zero-order valence-corrected chi connectivity index (χ0v) is 11.7. The predicted molar refractivity (Wildman–Crippen MR) is 79.3 cm³/mol. The summed E-state index contributed by atoms with van der Waals surface area (Å²) in [5, 5.41) is 9.30. The molecule has 0 bridgehead atoms. The summed E-state index contributed by atoms with van der Waals surface area (Å²) in [5.41, 5.74) is 0. The topological polar surface area (TPSA) is 74.8 Å². The molecule has 1 heterocycles. The second-order valence-corrected chi connectivity index (χ2v) is 4.07. The molecule has 0 aliphatic heterocycles. The first-order valence-corrected chi connectivity index (χ1v) is 6.71. The molecule has 0 unspecified atom stereocenters. The van der Waals surface area contributed by atoms with Gasteiger partial charge in [0.1, 0.15) is 0 Å². The van der Waals surface area contributed by atoms with Crippen LogP contribution in [0.1, 0.15) is 33.1 Å². The van der Waals surface area contributed by atoms with Gasteiger partial charge in [0, 0.05) is 13.1 Å². The van der Waals surface area contributed by atoms with E-state index in [9.17, 15) is 0 Å². The number of anilines is 3. The molecule has 0 radical (unpaired) electrons. The number of hydrogen-bond acceptors (Lipinski definition) is 6. The van der Waals surface area contributed by atoms with Crippen molar-refractivity contribution < 1.29 is 0 Å². The van der Waals surface area contributed by atoms with Crippen molar-refractivity contribution in [3.05, 3.63) is 0 Å². The number of aromatic nitrogens is 3. The molecule has 0 saturated heterocycles. The van der Waals surface area contributed by atoms with Gasteiger partial charge >= 0.3 is 0 Å². The lowest BCUT2D eigenvalue weighted by Gasteiger charge is -2.09. The number of hydrogen-bond donors (Lipinski definition) is 3. The van der Waals surface area contributed by atoms with Gasteiger partial charge in [0.25, 0.3) is 0 Å². The predicted octanol–water partition coefficient (Wildman–Crippen LogP) is 1.95. The van der Waals surface area contributed by atoms with Crippen LogP contribution in [-0.4, -0.2) is 34.6 Å². The van der Waals surface area contributed by atoms with Crippen molar-refractivity contribution in [2.75, 3.05) is 35.6 Å². The number of rotatable bonds is 9. The molecule has 0 atom stereocenters. The maximum Gasteiger partial charge on any atom is 0.230 e. The highest BCUT2D eigenvalue weighted by Crippen LogP contribution is 2.09. The minimum Gasteiger partial charge on any atom is -0.354 e. The van der Waals surface area contributed by atoms with Gasteiger partial charge in [-0.2, -0.15) is 15.0 Å². The molecule has 1 aromatic rings. The summed E-state index contributed by atoms with van der Waals surface area (Å²) in [6, 6.07) is 0. The van der Waals surface area contributed by atoms with Crippen LogP contribution in [0.5, 0.6) is 0 Å². The van der Waals surface area contributed by atoms with E-state index in [1.807, 2.05) is 0 Å². The Bertz CT molecular complexity index is 412. The summed E-state index contributed by atoms with van der Waals surface area (Å²) < 4.78 is 0. The summed E-state index contributed by atoms with van der Waals surface area (Å²) in [4.78, 5) is 12.8. The Morgan fingerprint density at radius 2 is 1.47 bits per heavy atom. The molecular weight excluding hydrogens is 240 g/mol. The third kappa shape index (κ3) is 5.91. The highest BCUT2D eigenvalue weighted by atomic mass is 15.3. The molecule has 0 fully saturated rings. The second-order valence-electron chi connectivity index (χ2n) is 4.07. The number of nitrogens with zero attached hydrogens (tertiary/aromatic N) is 3. The third-order valence-electron chi connectivity index (χ3n) is 2.33. The van der Waals surface area contributed by atoms with Crippen LogP contribution in [0.4, 0.5) is 17.8 Å². The minimum atomic E-state index is 0.394. The lowest BCUT2D eigenvalue weighted by atomic mass is 10.3. The Labute approximate surface area is 114 Å². The summed E-state index contributed by atoms with van der Waals surface area (Å²) in [6.07, 6.45) is 8.43. The highest BCUT2D eigenvalue weighted by molar-refractivity contribution is 5.42. The molecule has 6 nitrogen and oxygen atoms in total.